The number of hydrogen-bond acceptors (Lipinski definition) is 2. The summed E-state index contributed by atoms with van der Waals surface area (Å²) in [6.07, 6.45) is 1.12. The van der Waals surface area contributed by atoms with Crippen molar-refractivity contribution in [2.45, 2.75) is 19.4 Å². The van der Waals surface area contributed by atoms with E-state index in [-0.39, 0.29) is 28.5 Å². The fourth-order valence-corrected chi connectivity index (χ4v) is 1.98. The number of carboxylic acids is 1. The number of nitrogens with one attached hydrogen (secondary N) is 1. The van der Waals surface area contributed by atoms with E-state index in [2.05, 4.69) is 4.98 Å². The Hall–Kier alpha value is -2.02. The molecule has 19 heavy (non-hydrogen) atoms. The summed E-state index contributed by atoms with van der Waals surface area (Å²) in [5.41, 5.74) is 5.58. The van der Waals surface area contributed by atoms with Crippen molar-refractivity contribution in [2.24, 2.45) is 5.73 Å². The van der Waals surface area contributed by atoms with Gasteiger partial charge in [0.2, 0.25) is 0 Å². The predicted molar refractivity (Wildman–Crippen MR) is 62.2 cm³/mol. The average Bonchev–Trinajstić information content (AvgIpc) is 2.77. The van der Waals surface area contributed by atoms with Crippen LogP contribution in [0.3, 0.4) is 0 Å². The number of halogens is 3. The molecule has 0 aliphatic heterocycles. The number of aryl methyl sites for hydroxylation is 1. The Labute approximate surface area is 106 Å². The molecule has 0 fully saturated rings. The number of carbonyl (C=O) groups is 1. The van der Waals surface area contributed by atoms with Gasteiger partial charge in [-0.2, -0.15) is 0 Å². The molecule has 0 saturated carbocycles. The zero-order valence-electron chi connectivity index (χ0n) is 9.93. The second-order valence-corrected chi connectivity index (χ2v) is 4.28. The van der Waals surface area contributed by atoms with Crippen LogP contribution in [0.4, 0.5) is 13.2 Å². The summed E-state index contributed by atoms with van der Waals surface area (Å²) in [6, 6.07) is -1.24. The summed E-state index contributed by atoms with van der Waals surface area (Å²) in [4.78, 5) is 13.3. The van der Waals surface area contributed by atoms with Gasteiger partial charge in [-0.1, -0.05) is 0 Å². The molecule has 4 N–H and O–H groups in total. The van der Waals surface area contributed by atoms with Crippen molar-refractivity contribution >= 4 is 16.9 Å². The fourth-order valence-electron chi connectivity index (χ4n) is 1.98. The number of nitrogens with two attached hydrogens (primary N) is 1. The summed E-state index contributed by atoms with van der Waals surface area (Å²) in [6.45, 7) is 1.30. The molecule has 0 saturated heterocycles. The number of benzene rings is 1. The minimum Gasteiger partial charge on any atom is -0.480 e. The highest BCUT2D eigenvalue weighted by Gasteiger charge is 2.23. The first-order valence-electron chi connectivity index (χ1n) is 5.46. The maximum Gasteiger partial charge on any atom is 0.320 e. The zero-order chi connectivity index (χ0) is 14.3. The Morgan fingerprint density at radius 3 is 2.58 bits per heavy atom. The van der Waals surface area contributed by atoms with E-state index in [0.29, 0.717) is 0 Å². The first-order valence-corrected chi connectivity index (χ1v) is 5.46. The molecule has 0 aliphatic rings. The second-order valence-electron chi connectivity index (χ2n) is 4.28. The van der Waals surface area contributed by atoms with Crippen LogP contribution in [0.1, 0.15) is 11.1 Å². The van der Waals surface area contributed by atoms with Crippen molar-refractivity contribution in [3.05, 3.63) is 34.8 Å². The molecule has 2 rings (SSSR count). The quantitative estimate of drug-likeness (QED) is 0.746. The first kappa shape index (κ1) is 13.4. The van der Waals surface area contributed by atoms with Crippen molar-refractivity contribution in [3.8, 4) is 0 Å². The van der Waals surface area contributed by atoms with Crippen LogP contribution in [0.5, 0.6) is 0 Å². The third kappa shape index (κ3) is 2.06. The molecule has 1 heterocycles. The van der Waals surface area contributed by atoms with Crippen LogP contribution in [0.25, 0.3) is 10.9 Å². The molecule has 102 valence electrons. The summed E-state index contributed by atoms with van der Waals surface area (Å²) < 4.78 is 40.5. The van der Waals surface area contributed by atoms with Crippen LogP contribution in [-0.4, -0.2) is 22.1 Å². The van der Waals surface area contributed by atoms with E-state index in [9.17, 15) is 18.0 Å². The highest BCUT2D eigenvalue weighted by molar-refractivity contribution is 5.87. The lowest BCUT2D eigenvalue weighted by Gasteiger charge is -2.07. The third-order valence-electron chi connectivity index (χ3n) is 3.03. The monoisotopic (exact) mass is 272 g/mol. The Bertz CT molecular complexity index is 667. The van der Waals surface area contributed by atoms with E-state index in [1.54, 1.807) is 0 Å². The van der Waals surface area contributed by atoms with Crippen LogP contribution in [0.2, 0.25) is 0 Å². The highest BCUT2D eigenvalue weighted by Crippen LogP contribution is 2.29. The van der Waals surface area contributed by atoms with E-state index in [1.165, 1.54) is 13.1 Å². The van der Waals surface area contributed by atoms with Gasteiger partial charge in [0.1, 0.15) is 6.04 Å². The number of H-pyrrole nitrogens is 1. The number of rotatable bonds is 3. The van der Waals surface area contributed by atoms with Gasteiger partial charge in [0.05, 0.1) is 5.52 Å². The molecule has 1 atom stereocenters. The number of carboxylic acid groups (broad SMARTS) is 1. The van der Waals surface area contributed by atoms with Crippen LogP contribution < -0.4 is 5.73 Å². The molecule has 0 radical (unpaired) electrons. The van der Waals surface area contributed by atoms with E-state index < -0.39 is 29.5 Å². The maximum absolute atomic E-state index is 13.8. The Kier molecular flexibility index (Phi) is 3.23. The molecular weight excluding hydrogens is 261 g/mol. The van der Waals surface area contributed by atoms with Crippen molar-refractivity contribution in [3.63, 3.8) is 0 Å². The summed E-state index contributed by atoms with van der Waals surface area (Å²) in [7, 11) is 0. The van der Waals surface area contributed by atoms with Gasteiger partial charge < -0.3 is 15.8 Å². The van der Waals surface area contributed by atoms with Crippen LogP contribution in [-0.2, 0) is 11.2 Å². The lowest BCUT2D eigenvalue weighted by atomic mass is 10.0. The summed E-state index contributed by atoms with van der Waals surface area (Å²) in [5.74, 6) is -5.43. The first-order chi connectivity index (χ1) is 8.84. The topological polar surface area (TPSA) is 79.1 Å². The van der Waals surface area contributed by atoms with Gasteiger partial charge in [-0.25, -0.2) is 13.2 Å². The molecule has 4 nitrogen and oxygen atoms in total. The molecule has 2 aromatic rings. The van der Waals surface area contributed by atoms with Crippen LogP contribution in [0.15, 0.2) is 6.20 Å². The van der Waals surface area contributed by atoms with E-state index in [4.69, 9.17) is 10.8 Å². The van der Waals surface area contributed by atoms with Gasteiger partial charge in [0.15, 0.2) is 17.5 Å². The summed E-state index contributed by atoms with van der Waals surface area (Å²) >= 11 is 0. The molecule has 0 aliphatic carbocycles. The minimum absolute atomic E-state index is 0.0657. The number of aromatic amines is 1. The molecule has 0 spiro atoms. The average molecular weight is 272 g/mol. The normalized spacial score (nSPS) is 12.9. The molecular formula is C12H11F3N2O2. The van der Waals surface area contributed by atoms with E-state index >= 15 is 0 Å². The Morgan fingerprint density at radius 2 is 2.00 bits per heavy atom. The van der Waals surface area contributed by atoms with Gasteiger partial charge >= 0.3 is 5.97 Å². The molecule has 0 unspecified atom stereocenters. The molecule has 0 bridgehead atoms. The molecule has 1 aromatic heterocycles. The fraction of sp³-hybridized carbons (Fsp3) is 0.250. The van der Waals surface area contributed by atoms with E-state index in [0.717, 1.165) is 0 Å². The van der Waals surface area contributed by atoms with Gasteiger partial charge in [-0.15, -0.1) is 0 Å². The van der Waals surface area contributed by atoms with Crippen LogP contribution >= 0.6 is 0 Å². The maximum atomic E-state index is 13.8. The smallest absolute Gasteiger partial charge is 0.320 e. The Balaban J connectivity index is 2.63. The largest absolute Gasteiger partial charge is 0.480 e. The van der Waals surface area contributed by atoms with Crippen molar-refractivity contribution in [1.82, 2.24) is 4.98 Å². The minimum atomic E-state index is -1.57. The lowest BCUT2D eigenvalue weighted by molar-refractivity contribution is -0.138. The molecule has 7 heteroatoms. The van der Waals surface area contributed by atoms with Crippen LogP contribution in [0, 0.1) is 24.4 Å². The predicted octanol–water partition coefficient (Wildman–Crippen LogP) is 1.85. The number of aliphatic carboxylic acids is 1. The van der Waals surface area contributed by atoms with E-state index in [1.807, 2.05) is 0 Å². The number of aromatic nitrogens is 1. The standard InChI is InChI=1S/C12H11F3N2O2/c1-4-8(13)10(15)9(14)7-5(3-17-11(4)7)2-6(16)12(18)19/h3,6,17H,2,16H2,1H3,(H,18,19)/t6-/m1/s1. The van der Waals surface area contributed by atoms with Gasteiger partial charge in [0.25, 0.3) is 0 Å². The van der Waals surface area contributed by atoms with Gasteiger partial charge in [-0.05, 0) is 12.5 Å². The number of hydrogen-bond donors (Lipinski definition) is 3. The second kappa shape index (κ2) is 4.58. The molecule has 0 amide bonds. The van der Waals surface area contributed by atoms with Crippen molar-refractivity contribution in [1.29, 1.82) is 0 Å². The van der Waals surface area contributed by atoms with Crippen molar-refractivity contribution in [2.75, 3.05) is 0 Å². The van der Waals surface area contributed by atoms with Gasteiger partial charge in [-0.3, -0.25) is 4.79 Å². The third-order valence-corrected chi connectivity index (χ3v) is 3.03. The highest BCUT2D eigenvalue weighted by atomic mass is 19.2. The Morgan fingerprint density at radius 1 is 1.37 bits per heavy atom. The van der Waals surface area contributed by atoms with Gasteiger partial charge in [0, 0.05) is 23.6 Å². The summed E-state index contributed by atoms with van der Waals surface area (Å²) in [5, 5.41) is 8.55. The molecule has 1 aromatic carbocycles. The number of fused-ring (bicyclic) bond motifs is 1. The SMILES string of the molecule is Cc1c(F)c(F)c(F)c2c(C[C@@H](N)C(=O)O)c[nH]c12. The lowest BCUT2D eigenvalue weighted by Crippen LogP contribution is -2.32. The van der Waals surface area contributed by atoms with Crippen molar-refractivity contribution < 1.29 is 23.1 Å². The zero-order valence-corrected chi connectivity index (χ0v) is 9.93.